The normalized spacial score (nSPS) is 10.9. The van der Waals surface area contributed by atoms with Crippen molar-refractivity contribution in [1.29, 1.82) is 0 Å². The molecule has 0 bridgehead atoms. The average Bonchev–Trinajstić information content (AvgIpc) is 2.72. The molecule has 8 heteroatoms. The lowest BCUT2D eigenvalue weighted by molar-refractivity contribution is 0.101. The fourth-order valence-corrected chi connectivity index (χ4v) is 3.40. The van der Waals surface area contributed by atoms with Crippen LogP contribution in [0.15, 0.2) is 55.0 Å². The highest BCUT2D eigenvalue weighted by Gasteiger charge is 2.16. The largest absolute Gasteiger partial charge is 0.505 e. The van der Waals surface area contributed by atoms with Crippen LogP contribution >= 0.6 is 23.2 Å². The summed E-state index contributed by atoms with van der Waals surface area (Å²) < 4.78 is 0. The van der Waals surface area contributed by atoms with Gasteiger partial charge in [0.2, 0.25) is 0 Å². The minimum atomic E-state index is -0.183. The van der Waals surface area contributed by atoms with Crippen LogP contribution in [0.25, 0.3) is 22.3 Å². The van der Waals surface area contributed by atoms with Crippen molar-refractivity contribution >= 4 is 51.4 Å². The summed E-state index contributed by atoms with van der Waals surface area (Å²) in [5, 5.41) is 13.3. The highest BCUT2D eigenvalue weighted by molar-refractivity contribution is 6.37. The number of hydrogen-bond donors (Lipinski definition) is 2. The number of benzene rings is 1. The first-order valence-corrected chi connectivity index (χ1v) is 9.36. The van der Waals surface area contributed by atoms with Crippen LogP contribution in [0.5, 0.6) is 5.75 Å². The number of aromatic hydroxyl groups is 1. The molecule has 6 nitrogen and oxygen atoms in total. The van der Waals surface area contributed by atoms with Crippen LogP contribution in [0.1, 0.15) is 17.3 Å². The average molecular weight is 425 g/mol. The van der Waals surface area contributed by atoms with E-state index < -0.39 is 0 Å². The molecule has 0 radical (unpaired) electrons. The van der Waals surface area contributed by atoms with Gasteiger partial charge in [-0.05, 0) is 43.3 Å². The molecule has 0 saturated heterocycles. The molecule has 0 atom stereocenters. The Balaban J connectivity index is 1.93. The number of fused-ring (bicyclic) bond motifs is 1. The third kappa shape index (κ3) is 3.72. The van der Waals surface area contributed by atoms with Crippen molar-refractivity contribution in [3.8, 4) is 17.0 Å². The Morgan fingerprint density at radius 2 is 1.86 bits per heavy atom. The minimum Gasteiger partial charge on any atom is -0.505 e. The molecule has 0 spiro atoms. The van der Waals surface area contributed by atoms with Gasteiger partial charge in [0.15, 0.2) is 11.5 Å². The molecule has 1 aromatic carbocycles. The Morgan fingerprint density at radius 3 is 2.52 bits per heavy atom. The number of carbonyl (C=O) groups excluding carboxylic acids is 1. The number of carbonyl (C=O) groups is 1. The molecule has 3 heterocycles. The quantitative estimate of drug-likeness (QED) is 0.411. The van der Waals surface area contributed by atoms with E-state index in [0.29, 0.717) is 39.2 Å². The number of pyridine rings is 3. The van der Waals surface area contributed by atoms with Crippen LogP contribution in [0.3, 0.4) is 0 Å². The van der Waals surface area contributed by atoms with Gasteiger partial charge in [0.1, 0.15) is 5.52 Å². The van der Waals surface area contributed by atoms with Gasteiger partial charge in [0.05, 0.1) is 44.4 Å². The second-order valence-corrected chi connectivity index (χ2v) is 7.14. The first-order valence-electron chi connectivity index (χ1n) is 8.60. The van der Waals surface area contributed by atoms with Crippen molar-refractivity contribution in [3.63, 3.8) is 0 Å². The summed E-state index contributed by atoms with van der Waals surface area (Å²) in [6.07, 6.45) is 4.84. The van der Waals surface area contributed by atoms with E-state index >= 15 is 0 Å². The molecule has 0 saturated carbocycles. The van der Waals surface area contributed by atoms with Gasteiger partial charge in [-0.1, -0.05) is 23.2 Å². The highest BCUT2D eigenvalue weighted by atomic mass is 35.5. The van der Waals surface area contributed by atoms with Gasteiger partial charge in [0.25, 0.3) is 0 Å². The molecule has 0 aliphatic heterocycles. The number of aromatic nitrogens is 3. The molecular weight excluding hydrogens is 411 g/mol. The van der Waals surface area contributed by atoms with Gasteiger partial charge >= 0.3 is 0 Å². The summed E-state index contributed by atoms with van der Waals surface area (Å²) in [4.78, 5) is 25.3. The van der Waals surface area contributed by atoms with Crippen molar-refractivity contribution in [1.82, 2.24) is 15.0 Å². The van der Waals surface area contributed by atoms with Gasteiger partial charge in [-0.25, -0.2) is 4.98 Å². The molecule has 0 aliphatic carbocycles. The SMILES string of the molecule is CC(=O)c1cnc2ccc(-c3cc(Cl)c(O)c(Cl)c3)nc2c1Nc1cccnc1. The number of hydrogen-bond acceptors (Lipinski definition) is 6. The molecule has 3 aromatic heterocycles. The van der Waals surface area contributed by atoms with Gasteiger partial charge < -0.3 is 10.4 Å². The molecule has 0 aliphatic rings. The molecule has 29 heavy (non-hydrogen) atoms. The number of Topliss-reactive ketones (excluding diaryl/α,β-unsaturated/α-hetero) is 1. The van der Waals surface area contributed by atoms with Crippen LogP contribution in [0, 0.1) is 0 Å². The number of phenolic OH excluding ortho intramolecular Hbond substituents is 1. The van der Waals surface area contributed by atoms with Crippen LogP contribution < -0.4 is 5.32 Å². The molecule has 4 aromatic rings. The van der Waals surface area contributed by atoms with E-state index in [2.05, 4.69) is 15.3 Å². The maximum Gasteiger partial charge on any atom is 0.163 e. The summed E-state index contributed by atoms with van der Waals surface area (Å²) in [7, 11) is 0. The van der Waals surface area contributed by atoms with Crippen LogP contribution in [-0.2, 0) is 0 Å². The maximum absolute atomic E-state index is 12.2. The molecular formula is C21H14Cl2N4O2. The lowest BCUT2D eigenvalue weighted by Gasteiger charge is -2.13. The Morgan fingerprint density at radius 1 is 1.10 bits per heavy atom. The number of nitrogens with one attached hydrogen (secondary N) is 1. The van der Waals surface area contributed by atoms with Crippen molar-refractivity contribution in [3.05, 3.63) is 70.6 Å². The third-order valence-electron chi connectivity index (χ3n) is 4.34. The third-order valence-corrected chi connectivity index (χ3v) is 4.91. The summed E-state index contributed by atoms with van der Waals surface area (Å²) in [6, 6.07) is 10.4. The van der Waals surface area contributed by atoms with E-state index in [1.54, 1.807) is 42.7 Å². The van der Waals surface area contributed by atoms with E-state index in [1.807, 2.05) is 6.07 Å². The minimum absolute atomic E-state index is 0.124. The standard InChI is InChI=1S/C21H14Cl2N4O2/c1-11(28)14-10-25-18-5-4-17(12-7-15(22)21(29)16(23)8-12)27-20(18)19(14)26-13-3-2-6-24-9-13/h2-10,29H,1H3,(H,25,26). The Bertz CT molecular complexity index is 1220. The van der Waals surface area contributed by atoms with Crippen molar-refractivity contribution in [2.75, 3.05) is 5.32 Å². The zero-order valence-corrected chi connectivity index (χ0v) is 16.7. The lowest BCUT2D eigenvalue weighted by Crippen LogP contribution is -2.04. The van der Waals surface area contributed by atoms with Crippen molar-refractivity contribution in [2.45, 2.75) is 6.92 Å². The van der Waals surface area contributed by atoms with Gasteiger partial charge in [-0.2, -0.15) is 0 Å². The monoisotopic (exact) mass is 424 g/mol. The highest BCUT2D eigenvalue weighted by Crippen LogP contribution is 2.37. The van der Waals surface area contributed by atoms with Crippen LogP contribution in [0.2, 0.25) is 10.0 Å². The molecule has 4 rings (SSSR count). The van der Waals surface area contributed by atoms with Gasteiger partial charge in [0, 0.05) is 18.0 Å². The fraction of sp³-hybridized carbons (Fsp3) is 0.0476. The Labute approximate surface area is 176 Å². The number of nitrogens with zero attached hydrogens (tertiary/aromatic N) is 3. The topological polar surface area (TPSA) is 88.0 Å². The fourth-order valence-electron chi connectivity index (χ4n) is 2.91. The lowest BCUT2D eigenvalue weighted by atomic mass is 10.1. The summed E-state index contributed by atoms with van der Waals surface area (Å²) in [5.41, 5.74) is 3.98. The number of halogens is 2. The number of anilines is 2. The number of phenols is 1. The van der Waals surface area contributed by atoms with E-state index in [4.69, 9.17) is 28.2 Å². The van der Waals surface area contributed by atoms with Crippen LogP contribution in [-0.4, -0.2) is 25.8 Å². The number of rotatable bonds is 4. The van der Waals surface area contributed by atoms with Crippen molar-refractivity contribution < 1.29 is 9.90 Å². The van der Waals surface area contributed by atoms with Gasteiger partial charge in [-0.15, -0.1) is 0 Å². The maximum atomic E-state index is 12.2. The summed E-state index contributed by atoms with van der Waals surface area (Å²) in [6.45, 7) is 1.47. The summed E-state index contributed by atoms with van der Waals surface area (Å²) >= 11 is 12.1. The van der Waals surface area contributed by atoms with E-state index in [1.165, 1.54) is 13.1 Å². The first-order chi connectivity index (χ1) is 13.9. The molecule has 2 N–H and O–H groups in total. The number of ketones is 1. The summed E-state index contributed by atoms with van der Waals surface area (Å²) in [5.74, 6) is -0.328. The van der Waals surface area contributed by atoms with Crippen molar-refractivity contribution in [2.24, 2.45) is 0 Å². The molecule has 144 valence electrons. The predicted molar refractivity (Wildman–Crippen MR) is 114 cm³/mol. The second kappa shape index (κ2) is 7.66. The molecule has 0 unspecified atom stereocenters. The first kappa shape index (κ1) is 19.1. The zero-order valence-electron chi connectivity index (χ0n) is 15.1. The van der Waals surface area contributed by atoms with E-state index in [0.717, 1.165) is 0 Å². The molecule has 0 amide bonds. The Hall–Kier alpha value is -3.22. The van der Waals surface area contributed by atoms with E-state index in [9.17, 15) is 9.90 Å². The smallest absolute Gasteiger partial charge is 0.163 e. The second-order valence-electron chi connectivity index (χ2n) is 6.32. The van der Waals surface area contributed by atoms with Gasteiger partial charge in [-0.3, -0.25) is 14.8 Å². The van der Waals surface area contributed by atoms with E-state index in [-0.39, 0.29) is 21.6 Å². The zero-order chi connectivity index (χ0) is 20.5. The van der Waals surface area contributed by atoms with Crippen LogP contribution in [0.4, 0.5) is 11.4 Å². The Kier molecular flexibility index (Phi) is 5.05. The predicted octanol–water partition coefficient (Wildman–Crippen LogP) is 5.65. The molecule has 0 fully saturated rings.